The first-order valence-electron chi connectivity index (χ1n) is 4.86. The number of carbonyl (C=O) groups is 1. The molecule has 94 valence electrons. The van der Waals surface area contributed by atoms with E-state index in [0.717, 1.165) is 0 Å². The number of anilines is 2. The predicted octanol–water partition coefficient (Wildman–Crippen LogP) is 0.574. The zero-order valence-electron chi connectivity index (χ0n) is 9.34. The molecule has 0 aliphatic carbocycles. The Balaban J connectivity index is 2.64. The summed E-state index contributed by atoms with van der Waals surface area (Å²) in [5.74, 6) is -0.892. The zero-order chi connectivity index (χ0) is 12.9. The summed E-state index contributed by atoms with van der Waals surface area (Å²) in [6.45, 7) is 0. The van der Waals surface area contributed by atoms with E-state index in [4.69, 9.17) is 5.73 Å². The molecule has 0 bridgehead atoms. The fourth-order valence-electron chi connectivity index (χ4n) is 1.15. The number of sulfonamides is 1. The van der Waals surface area contributed by atoms with E-state index in [1.807, 2.05) is 0 Å². The second-order valence-electron chi connectivity index (χ2n) is 3.37. The highest BCUT2D eigenvalue weighted by molar-refractivity contribution is 7.92. The molecule has 0 radical (unpaired) electrons. The lowest BCUT2D eigenvalue weighted by Crippen LogP contribution is -2.19. The van der Waals surface area contributed by atoms with E-state index in [2.05, 4.69) is 9.46 Å². The van der Waals surface area contributed by atoms with E-state index >= 15 is 0 Å². The lowest BCUT2D eigenvalue weighted by molar-refractivity contribution is -0.140. The lowest BCUT2D eigenvalue weighted by Gasteiger charge is -2.07. The van der Waals surface area contributed by atoms with Crippen molar-refractivity contribution in [2.75, 3.05) is 23.3 Å². The van der Waals surface area contributed by atoms with Gasteiger partial charge in [-0.05, 0) is 18.2 Å². The molecule has 0 atom stereocenters. The van der Waals surface area contributed by atoms with Crippen LogP contribution in [0.3, 0.4) is 0 Å². The highest BCUT2D eigenvalue weighted by Crippen LogP contribution is 2.13. The maximum Gasteiger partial charge on any atom is 0.306 e. The van der Waals surface area contributed by atoms with Crippen LogP contribution in [0.15, 0.2) is 24.3 Å². The molecular formula is C10H14N2O4S. The minimum absolute atomic E-state index is 0.186. The lowest BCUT2D eigenvalue weighted by atomic mass is 10.3. The van der Waals surface area contributed by atoms with Crippen molar-refractivity contribution in [2.24, 2.45) is 0 Å². The van der Waals surface area contributed by atoms with Gasteiger partial charge in [-0.15, -0.1) is 0 Å². The summed E-state index contributed by atoms with van der Waals surface area (Å²) in [5, 5.41) is 0. The molecule has 0 aliphatic heterocycles. The summed E-state index contributed by atoms with van der Waals surface area (Å²) in [6, 6.07) is 6.35. The Morgan fingerprint density at radius 2 is 2.18 bits per heavy atom. The smallest absolute Gasteiger partial charge is 0.306 e. The van der Waals surface area contributed by atoms with Crippen LogP contribution in [0, 0.1) is 0 Å². The monoisotopic (exact) mass is 258 g/mol. The van der Waals surface area contributed by atoms with Gasteiger partial charge in [0.2, 0.25) is 10.0 Å². The van der Waals surface area contributed by atoms with E-state index in [1.54, 1.807) is 18.2 Å². The Hall–Kier alpha value is -1.76. The first-order chi connectivity index (χ1) is 7.93. The van der Waals surface area contributed by atoms with Crippen LogP contribution in [-0.4, -0.2) is 27.2 Å². The highest BCUT2D eigenvalue weighted by Gasteiger charge is 2.13. The quantitative estimate of drug-likeness (QED) is 0.594. The fraction of sp³-hybridized carbons (Fsp3) is 0.300. The molecule has 0 saturated carbocycles. The van der Waals surface area contributed by atoms with Crippen LogP contribution >= 0.6 is 0 Å². The van der Waals surface area contributed by atoms with Gasteiger partial charge >= 0.3 is 5.97 Å². The number of nitrogen functional groups attached to an aromatic ring is 1. The van der Waals surface area contributed by atoms with Crippen LogP contribution < -0.4 is 10.5 Å². The van der Waals surface area contributed by atoms with Gasteiger partial charge in [0, 0.05) is 5.69 Å². The van der Waals surface area contributed by atoms with Crippen molar-refractivity contribution >= 4 is 27.4 Å². The molecular weight excluding hydrogens is 244 g/mol. The topological polar surface area (TPSA) is 98.5 Å². The van der Waals surface area contributed by atoms with Crippen molar-refractivity contribution in [1.82, 2.24) is 0 Å². The maximum absolute atomic E-state index is 11.6. The molecule has 6 nitrogen and oxygen atoms in total. The Morgan fingerprint density at radius 3 is 2.76 bits per heavy atom. The number of methoxy groups -OCH3 is 1. The summed E-state index contributed by atoms with van der Waals surface area (Å²) in [6.07, 6.45) is -0.186. The molecule has 1 rings (SSSR count). The van der Waals surface area contributed by atoms with Crippen LogP contribution in [0.5, 0.6) is 0 Å². The van der Waals surface area contributed by atoms with E-state index in [-0.39, 0.29) is 12.2 Å². The third kappa shape index (κ3) is 4.73. The molecule has 3 N–H and O–H groups in total. The molecule has 1 aromatic rings. The second kappa shape index (κ2) is 5.53. The van der Waals surface area contributed by atoms with Crippen LogP contribution in [-0.2, 0) is 19.6 Å². The van der Waals surface area contributed by atoms with E-state index in [9.17, 15) is 13.2 Å². The summed E-state index contributed by atoms with van der Waals surface area (Å²) in [7, 11) is -2.35. The molecule has 0 unspecified atom stereocenters. The Bertz CT molecular complexity index is 499. The molecule has 0 spiro atoms. The van der Waals surface area contributed by atoms with Gasteiger partial charge in [-0.2, -0.15) is 0 Å². The number of carbonyl (C=O) groups excluding carboxylic acids is 1. The Kier molecular flexibility index (Phi) is 4.33. The molecule has 0 saturated heterocycles. The number of nitrogens with two attached hydrogens (primary N) is 1. The molecule has 0 aromatic heterocycles. The average Bonchev–Trinajstić information content (AvgIpc) is 2.25. The second-order valence-corrected chi connectivity index (χ2v) is 5.21. The first-order valence-corrected chi connectivity index (χ1v) is 6.51. The normalized spacial score (nSPS) is 10.9. The van der Waals surface area contributed by atoms with Gasteiger partial charge in [0.1, 0.15) is 0 Å². The van der Waals surface area contributed by atoms with Crippen LogP contribution in [0.4, 0.5) is 11.4 Å². The maximum atomic E-state index is 11.6. The van der Waals surface area contributed by atoms with Crippen LogP contribution in [0.1, 0.15) is 6.42 Å². The van der Waals surface area contributed by atoms with Crippen molar-refractivity contribution in [3.63, 3.8) is 0 Å². The van der Waals surface area contributed by atoms with Gasteiger partial charge in [0.25, 0.3) is 0 Å². The largest absolute Gasteiger partial charge is 0.469 e. The number of hydrogen-bond acceptors (Lipinski definition) is 5. The third-order valence-electron chi connectivity index (χ3n) is 1.96. The zero-order valence-corrected chi connectivity index (χ0v) is 10.2. The minimum Gasteiger partial charge on any atom is -0.469 e. The molecule has 0 aliphatic rings. The molecule has 1 aromatic carbocycles. The Labute approximate surface area is 99.8 Å². The molecule has 17 heavy (non-hydrogen) atoms. The van der Waals surface area contributed by atoms with Gasteiger partial charge in [0.05, 0.1) is 25.0 Å². The van der Waals surface area contributed by atoms with Crippen molar-refractivity contribution < 1.29 is 17.9 Å². The summed E-state index contributed by atoms with van der Waals surface area (Å²) in [5.41, 5.74) is 6.34. The highest BCUT2D eigenvalue weighted by atomic mass is 32.2. The van der Waals surface area contributed by atoms with Crippen LogP contribution in [0.25, 0.3) is 0 Å². The number of rotatable bonds is 5. The number of nitrogens with one attached hydrogen (secondary N) is 1. The molecule has 0 fully saturated rings. The van der Waals surface area contributed by atoms with Gasteiger partial charge in [-0.1, -0.05) is 6.07 Å². The Morgan fingerprint density at radius 1 is 1.47 bits per heavy atom. The van der Waals surface area contributed by atoms with Crippen molar-refractivity contribution in [3.8, 4) is 0 Å². The summed E-state index contributed by atoms with van der Waals surface area (Å²) < 4.78 is 29.8. The predicted molar refractivity (Wildman–Crippen MR) is 64.9 cm³/mol. The van der Waals surface area contributed by atoms with Crippen molar-refractivity contribution in [2.45, 2.75) is 6.42 Å². The number of hydrogen-bond donors (Lipinski definition) is 2. The fourth-order valence-corrected chi connectivity index (χ4v) is 2.18. The number of esters is 1. The van der Waals surface area contributed by atoms with Gasteiger partial charge in [-0.3, -0.25) is 9.52 Å². The molecule has 0 amide bonds. The van der Waals surface area contributed by atoms with Gasteiger partial charge in [0.15, 0.2) is 0 Å². The first kappa shape index (κ1) is 13.3. The molecule has 0 heterocycles. The summed E-state index contributed by atoms with van der Waals surface area (Å²) in [4.78, 5) is 10.8. The standard InChI is InChI=1S/C10H14N2O4S/c1-16-10(13)5-6-17(14,15)12-9-4-2-3-8(11)7-9/h2-4,7,12H,5-6,11H2,1H3. The van der Waals surface area contributed by atoms with Crippen molar-refractivity contribution in [3.05, 3.63) is 24.3 Å². The average molecular weight is 258 g/mol. The van der Waals surface area contributed by atoms with E-state index in [1.165, 1.54) is 13.2 Å². The van der Waals surface area contributed by atoms with Gasteiger partial charge in [-0.25, -0.2) is 8.42 Å². The minimum atomic E-state index is -3.56. The SMILES string of the molecule is COC(=O)CCS(=O)(=O)Nc1cccc(N)c1. The third-order valence-corrected chi connectivity index (χ3v) is 3.25. The van der Waals surface area contributed by atoms with E-state index in [0.29, 0.717) is 11.4 Å². The van der Waals surface area contributed by atoms with Crippen molar-refractivity contribution in [1.29, 1.82) is 0 Å². The van der Waals surface area contributed by atoms with E-state index < -0.39 is 16.0 Å². The number of ether oxygens (including phenoxy) is 1. The van der Waals surface area contributed by atoms with Crippen LogP contribution in [0.2, 0.25) is 0 Å². The van der Waals surface area contributed by atoms with Gasteiger partial charge < -0.3 is 10.5 Å². The summed E-state index contributed by atoms with van der Waals surface area (Å²) >= 11 is 0. The number of benzene rings is 1. The molecule has 7 heteroatoms.